The fourth-order valence-electron chi connectivity index (χ4n) is 2.24. The predicted octanol–water partition coefficient (Wildman–Crippen LogP) is 1.34. The number of hydrogen-bond acceptors (Lipinski definition) is 4. The van der Waals surface area contributed by atoms with Crippen molar-refractivity contribution in [3.05, 3.63) is 23.8 Å². The highest BCUT2D eigenvalue weighted by Gasteiger charge is 2.34. The maximum Gasteiger partial charge on any atom is 0.246 e. The van der Waals surface area contributed by atoms with Crippen LogP contribution in [0.25, 0.3) is 0 Å². The van der Waals surface area contributed by atoms with E-state index in [1.54, 1.807) is 13.8 Å². The lowest BCUT2D eigenvalue weighted by atomic mass is 10.3. The molecule has 2 rings (SSSR count). The Balaban J connectivity index is 2.45. The average molecular weight is 306 g/mol. The van der Waals surface area contributed by atoms with Crippen molar-refractivity contribution in [3.8, 4) is 0 Å². The van der Waals surface area contributed by atoms with Gasteiger partial charge in [-0.1, -0.05) is 0 Å². The van der Waals surface area contributed by atoms with Crippen LogP contribution in [0.15, 0.2) is 17.0 Å². The molecule has 8 heteroatoms. The van der Waals surface area contributed by atoms with Crippen LogP contribution in [0.1, 0.15) is 13.8 Å². The topological polar surface area (TPSA) is 72.6 Å². The van der Waals surface area contributed by atoms with Gasteiger partial charge in [-0.3, -0.25) is 0 Å². The van der Waals surface area contributed by atoms with E-state index in [0.717, 1.165) is 16.4 Å². The molecule has 0 saturated carbocycles. The molecule has 5 nitrogen and oxygen atoms in total. The van der Waals surface area contributed by atoms with Crippen molar-refractivity contribution in [1.29, 1.82) is 0 Å². The van der Waals surface area contributed by atoms with Gasteiger partial charge in [-0.25, -0.2) is 17.2 Å². The highest BCUT2D eigenvalue weighted by molar-refractivity contribution is 7.89. The van der Waals surface area contributed by atoms with Gasteiger partial charge in [-0.05, 0) is 26.0 Å². The van der Waals surface area contributed by atoms with E-state index in [-0.39, 0.29) is 31.0 Å². The number of sulfonamides is 1. The number of nitrogens with two attached hydrogens (primary N) is 1. The predicted molar refractivity (Wildman–Crippen MR) is 69.5 cm³/mol. The first-order valence-electron chi connectivity index (χ1n) is 6.12. The fraction of sp³-hybridized carbons (Fsp3) is 0.500. The highest BCUT2D eigenvalue weighted by Crippen LogP contribution is 2.26. The number of halogens is 2. The van der Waals surface area contributed by atoms with Crippen LogP contribution in [0.3, 0.4) is 0 Å². The van der Waals surface area contributed by atoms with Gasteiger partial charge >= 0.3 is 0 Å². The Bertz CT molecular complexity index is 611. The molecule has 0 spiro atoms. The van der Waals surface area contributed by atoms with Crippen LogP contribution in [-0.4, -0.2) is 38.0 Å². The van der Waals surface area contributed by atoms with Crippen molar-refractivity contribution in [2.45, 2.75) is 31.0 Å². The quantitative estimate of drug-likeness (QED) is 0.837. The van der Waals surface area contributed by atoms with E-state index in [2.05, 4.69) is 0 Å². The molecule has 0 aromatic heterocycles. The van der Waals surface area contributed by atoms with Gasteiger partial charge in [0.05, 0.1) is 12.2 Å². The number of rotatable bonds is 2. The number of anilines is 1. The SMILES string of the molecule is CC1CN(S(=O)(=O)c2cc(N)cc(F)c2F)CC(C)O1. The second-order valence-corrected chi connectivity index (χ2v) is 6.80. The third kappa shape index (κ3) is 2.77. The zero-order chi connectivity index (χ0) is 15.1. The Kier molecular flexibility index (Phi) is 3.99. The largest absolute Gasteiger partial charge is 0.399 e. The summed E-state index contributed by atoms with van der Waals surface area (Å²) in [5.74, 6) is -2.69. The van der Waals surface area contributed by atoms with Crippen LogP contribution >= 0.6 is 0 Å². The van der Waals surface area contributed by atoms with Crippen molar-refractivity contribution < 1.29 is 21.9 Å². The lowest BCUT2D eigenvalue weighted by Crippen LogP contribution is -2.48. The summed E-state index contributed by atoms with van der Waals surface area (Å²) in [7, 11) is -4.15. The molecule has 0 radical (unpaired) electrons. The number of benzene rings is 1. The summed E-state index contributed by atoms with van der Waals surface area (Å²) >= 11 is 0. The first kappa shape index (κ1) is 15.1. The zero-order valence-corrected chi connectivity index (χ0v) is 12.0. The molecule has 1 saturated heterocycles. The summed E-state index contributed by atoms with van der Waals surface area (Å²) in [4.78, 5) is -0.740. The van der Waals surface area contributed by atoms with Gasteiger partial charge in [0.1, 0.15) is 4.90 Å². The van der Waals surface area contributed by atoms with E-state index < -0.39 is 26.6 Å². The van der Waals surface area contributed by atoms with Crippen molar-refractivity contribution in [1.82, 2.24) is 4.31 Å². The van der Waals surface area contributed by atoms with Crippen LogP contribution in [0.4, 0.5) is 14.5 Å². The summed E-state index contributed by atoms with van der Waals surface area (Å²) in [5, 5.41) is 0. The van der Waals surface area contributed by atoms with E-state index in [1.807, 2.05) is 0 Å². The molecular formula is C12H16F2N2O3S. The normalized spacial score (nSPS) is 24.8. The van der Waals surface area contributed by atoms with E-state index in [4.69, 9.17) is 10.5 Å². The molecule has 1 fully saturated rings. The van der Waals surface area contributed by atoms with Crippen LogP contribution < -0.4 is 5.73 Å². The molecule has 1 aliphatic rings. The van der Waals surface area contributed by atoms with Gasteiger partial charge in [0.2, 0.25) is 10.0 Å². The van der Waals surface area contributed by atoms with Gasteiger partial charge in [-0.15, -0.1) is 0 Å². The van der Waals surface area contributed by atoms with Crippen molar-refractivity contribution in [3.63, 3.8) is 0 Å². The number of nitrogen functional groups attached to an aromatic ring is 1. The first-order valence-corrected chi connectivity index (χ1v) is 7.56. The molecule has 0 aliphatic carbocycles. The molecule has 2 unspecified atom stereocenters. The van der Waals surface area contributed by atoms with Gasteiger partial charge in [0.25, 0.3) is 0 Å². The number of nitrogens with zero attached hydrogens (tertiary/aromatic N) is 1. The van der Waals surface area contributed by atoms with Crippen molar-refractivity contribution in [2.75, 3.05) is 18.8 Å². The molecule has 1 aromatic carbocycles. The Labute approximate surface area is 116 Å². The minimum Gasteiger partial charge on any atom is -0.399 e. The van der Waals surface area contributed by atoms with Gasteiger partial charge in [0.15, 0.2) is 11.6 Å². The molecule has 0 bridgehead atoms. The molecule has 1 aromatic rings. The number of ether oxygens (including phenoxy) is 1. The molecule has 0 amide bonds. The Morgan fingerprint density at radius 2 is 1.80 bits per heavy atom. The Hall–Kier alpha value is -1.25. The summed E-state index contributed by atoms with van der Waals surface area (Å²) in [6.45, 7) is 3.61. The summed E-state index contributed by atoms with van der Waals surface area (Å²) in [6.07, 6.45) is -0.634. The van der Waals surface area contributed by atoms with Crippen LogP contribution in [0.5, 0.6) is 0 Å². The monoisotopic (exact) mass is 306 g/mol. The highest BCUT2D eigenvalue weighted by atomic mass is 32.2. The zero-order valence-electron chi connectivity index (χ0n) is 11.1. The summed E-state index contributed by atoms with van der Waals surface area (Å²) in [6, 6.07) is 1.68. The van der Waals surface area contributed by atoms with Gasteiger partial charge < -0.3 is 10.5 Å². The molecule has 2 N–H and O–H groups in total. The molecule has 1 heterocycles. The lowest BCUT2D eigenvalue weighted by molar-refractivity contribution is -0.0441. The summed E-state index contributed by atoms with van der Waals surface area (Å²) < 4.78 is 58.4. The number of hydrogen-bond donors (Lipinski definition) is 1. The third-order valence-corrected chi connectivity index (χ3v) is 4.85. The standard InChI is InChI=1S/C12H16F2N2O3S/c1-7-5-16(6-8(2)19-7)20(17,18)11-4-9(15)3-10(13)12(11)14/h3-4,7-8H,5-6,15H2,1-2H3. The van der Waals surface area contributed by atoms with Gasteiger partial charge in [-0.2, -0.15) is 4.31 Å². The van der Waals surface area contributed by atoms with Crippen LogP contribution in [0, 0.1) is 11.6 Å². The molecule has 2 atom stereocenters. The molecule has 1 aliphatic heterocycles. The average Bonchev–Trinajstić information content (AvgIpc) is 2.32. The second-order valence-electron chi connectivity index (χ2n) is 4.89. The second kappa shape index (κ2) is 5.27. The van der Waals surface area contributed by atoms with Crippen molar-refractivity contribution >= 4 is 15.7 Å². The molecule has 20 heavy (non-hydrogen) atoms. The fourth-order valence-corrected chi connectivity index (χ4v) is 3.94. The number of morpholine rings is 1. The maximum absolute atomic E-state index is 13.8. The van der Waals surface area contributed by atoms with Crippen molar-refractivity contribution in [2.24, 2.45) is 0 Å². The smallest absolute Gasteiger partial charge is 0.246 e. The van der Waals surface area contributed by atoms with E-state index in [1.165, 1.54) is 0 Å². The molecule has 112 valence electrons. The van der Waals surface area contributed by atoms with Crippen LogP contribution in [0.2, 0.25) is 0 Å². The summed E-state index contributed by atoms with van der Waals surface area (Å²) in [5.41, 5.74) is 5.25. The van der Waals surface area contributed by atoms with Gasteiger partial charge in [0, 0.05) is 18.8 Å². The Morgan fingerprint density at radius 1 is 1.25 bits per heavy atom. The lowest BCUT2D eigenvalue weighted by Gasteiger charge is -2.34. The molecular weight excluding hydrogens is 290 g/mol. The third-order valence-electron chi connectivity index (χ3n) is 3.02. The van der Waals surface area contributed by atoms with E-state index >= 15 is 0 Å². The van der Waals surface area contributed by atoms with Crippen LogP contribution in [-0.2, 0) is 14.8 Å². The maximum atomic E-state index is 13.8. The minimum absolute atomic E-state index is 0.0858. The Morgan fingerprint density at radius 3 is 2.35 bits per heavy atom. The minimum atomic E-state index is -4.15. The van der Waals surface area contributed by atoms with E-state index in [9.17, 15) is 17.2 Å². The first-order chi connectivity index (χ1) is 9.21. The van der Waals surface area contributed by atoms with E-state index in [0.29, 0.717) is 0 Å².